The molecule has 1 atom stereocenters. The highest BCUT2D eigenvalue weighted by Crippen LogP contribution is 2.26. The number of para-hydroxylation sites is 1. The van der Waals surface area contributed by atoms with Gasteiger partial charge in [-0.15, -0.1) is 21.5 Å². The number of quaternary nitrogens is 1. The summed E-state index contributed by atoms with van der Waals surface area (Å²) >= 11 is 7.94. The van der Waals surface area contributed by atoms with E-state index in [2.05, 4.69) is 28.1 Å². The van der Waals surface area contributed by atoms with E-state index in [-0.39, 0.29) is 6.04 Å². The summed E-state index contributed by atoms with van der Waals surface area (Å²) in [5, 5.41) is 11.3. The van der Waals surface area contributed by atoms with Crippen LogP contribution in [0.1, 0.15) is 18.9 Å². The zero-order valence-electron chi connectivity index (χ0n) is 14.0. The quantitative estimate of drug-likeness (QED) is 0.761. The Morgan fingerprint density at radius 2 is 1.96 bits per heavy atom. The number of hydrogen-bond acceptors (Lipinski definition) is 5. The van der Waals surface area contributed by atoms with Crippen molar-refractivity contribution in [2.75, 3.05) is 31.1 Å². The van der Waals surface area contributed by atoms with Crippen LogP contribution < -0.4 is 9.80 Å². The number of nitrogens with one attached hydrogen (secondary N) is 1. The maximum atomic E-state index is 6.32. The van der Waals surface area contributed by atoms with Gasteiger partial charge >= 0.3 is 0 Å². The Bertz CT molecular complexity index is 827. The number of rotatable bonds is 4. The molecule has 0 amide bonds. The molecular weight excluding hydrogens is 356 g/mol. The smallest absolute Gasteiger partial charge is 0.274 e. The predicted octanol–water partition coefficient (Wildman–Crippen LogP) is 2.92. The maximum Gasteiger partial charge on any atom is 0.274 e. The Morgan fingerprint density at radius 3 is 2.68 bits per heavy atom. The summed E-state index contributed by atoms with van der Waals surface area (Å²) in [7, 11) is 0. The van der Waals surface area contributed by atoms with Crippen LogP contribution in [0.5, 0.6) is 0 Å². The van der Waals surface area contributed by atoms with Crippen LogP contribution in [0.15, 0.2) is 46.2 Å². The van der Waals surface area contributed by atoms with E-state index in [9.17, 15) is 0 Å². The molecule has 7 heteroatoms. The number of aromatic nitrogens is 2. The molecule has 4 rings (SSSR count). The lowest BCUT2D eigenvalue weighted by Crippen LogP contribution is -3.14. The minimum Gasteiger partial charge on any atom is -0.414 e. The van der Waals surface area contributed by atoms with Gasteiger partial charge in [-0.25, -0.2) is 0 Å². The minimum atomic E-state index is 0.189. The van der Waals surface area contributed by atoms with Crippen LogP contribution in [0.25, 0.3) is 10.8 Å². The zero-order chi connectivity index (χ0) is 17.2. The summed E-state index contributed by atoms with van der Waals surface area (Å²) in [6.07, 6.45) is 0. The van der Waals surface area contributed by atoms with Crippen LogP contribution in [-0.2, 0) is 0 Å². The van der Waals surface area contributed by atoms with Crippen molar-refractivity contribution < 1.29 is 9.32 Å². The Kier molecular flexibility index (Phi) is 4.74. The first kappa shape index (κ1) is 16.6. The van der Waals surface area contributed by atoms with Crippen LogP contribution in [-0.4, -0.2) is 36.4 Å². The Morgan fingerprint density at radius 1 is 1.16 bits per heavy atom. The SMILES string of the molecule is C[C@H](c1nnc(-c2cccs2)o1)[NH+]1CCN(c2ccccc2Cl)CC1. The van der Waals surface area contributed by atoms with Crippen molar-refractivity contribution in [3.63, 3.8) is 0 Å². The molecule has 0 saturated carbocycles. The van der Waals surface area contributed by atoms with E-state index in [1.54, 1.807) is 11.3 Å². The van der Waals surface area contributed by atoms with Gasteiger partial charge in [0.15, 0.2) is 6.04 Å². The van der Waals surface area contributed by atoms with Crippen molar-refractivity contribution in [2.45, 2.75) is 13.0 Å². The molecule has 130 valence electrons. The Balaban J connectivity index is 1.41. The van der Waals surface area contributed by atoms with E-state index >= 15 is 0 Å². The molecule has 0 unspecified atom stereocenters. The molecule has 0 radical (unpaired) electrons. The maximum absolute atomic E-state index is 6.32. The highest BCUT2D eigenvalue weighted by atomic mass is 35.5. The van der Waals surface area contributed by atoms with Crippen LogP contribution in [0.3, 0.4) is 0 Å². The molecule has 1 N–H and O–H groups in total. The topological polar surface area (TPSA) is 46.6 Å². The number of anilines is 1. The third-order valence-electron chi connectivity index (χ3n) is 4.75. The molecule has 2 aromatic heterocycles. The number of nitrogens with zero attached hydrogens (tertiary/aromatic N) is 3. The van der Waals surface area contributed by atoms with Crippen molar-refractivity contribution >= 4 is 28.6 Å². The van der Waals surface area contributed by atoms with Crippen molar-refractivity contribution in [1.82, 2.24) is 10.2 Å². The fraction of sp³-hybridized carbons (Fsp3) is 0.333. The highest BCUT2D eigenvalue weighted by Gasteiger charge is 2.29. The fourth-order valence-corrected chi connectivity index (χ4v) is 4.16. The lowest BCUT2D eigenvalue weighted by atomic mass is 10.2. The van der Waals surface area contributed by atoms with Gasteiger partial charge < -0.3 is 14.2 Å². The average Bonchev–Trinajstić information content (AvgIpc) is 3.33. The summed E-state index contributed by atoms with van der Waals surface area (Å²) in [4.78, 5) is 4.83. The number of thiophene rings is 1. The lowest BCUT2D eigenvalue weighted by molar-refractivity contribution is -0.931. The molecule has 3 heterocycles. The van der Waals surface area contributed by atoms with Gasteiger partial charge in [0.25, 0.3) is 11.8 Å². The molecule has 1 fully saturated rings. The zero-order valence-corrected chi connectivity index (χ0v) is 15.6. The number of benzene rings is 1. The van der Waals surface area contributed by atoms with Crippen LogP contribution in [0.2, 0.25) is 5.02 Å². The van der Waals surface area contributed by atoms with Gasteiger partial charge in [-0.1, -0.05) is 29.8 Å². The third-order valence-corrected chi connectivity index (χ3v) is 5.93. The average molecular weight is 376 g/mol. The monoisotopic (exact) mass is 375 g/mol. The summed E-state index contributed by atoms with van der Waals surface area (Å²) < 4.78 is 5.91. The first-order valence-electron chi connectivity index (χ1n) is 8.43. The highest BCUT2D eigenvalue weighted by molar-refractivity contribution is 7.13. The van der Waals surface area contributed by atoms with E-state index in [0.29, 0.717) is 11.8 Å². The second-order valence-corrected chi connectivity index (χ2v) is 7.60. The van der Waals surface area contributed by atoms with Gasteiger partial charge in [0.1, 0.15) is 0 Å². The molecule has 1 aliphatic rings. The van der Waals surface area contributed by atoms with Gasteiger partial charge in [0, 0.05) is 0 Å². The van der Waals surface area contributed by atoms with Gasteiger partial charge in [-0.05, 0) is 30.5 Å². The van der Waals surface area contributed by atoms with E-state index < -0.39 is 0 Å². The molecule has 1 aromatic carbocycles. The van der Waals surface area contributed by atoms with Crippen molar-refractivity contribution in [1.29, 1.82) is 0 Å². The molecule has 0 bridgehead atoms. The number of hydrogen-bond donors (Lipinski definition) is 1. The first-order valence-corrected chi connectivity index (χ1v) is 9.69. The molecule has 1 aliphatic heterocycles. The van der Waals surface area contributed by atoms with Gasteiger partial charge in [-0.2, -0.15) is 0 Å². The van der Waals surface area contributed by atoms with Crippen molar-refractivity contribution in [2.24, 2.45) is 0 Å². The van der Waals surface area contributed by atoms with Crippen molar-refractivity contribution in [3.05, 3.63) is 52.7 Å². The van der Waals surface area contributed by atoms with Crippen LogP contribution in [0, 0.1) is 0 Å². The third kappa shape index (κ3) is 3.42. The van der Waals surface area contributed by atoms with E-state index in [4.69, 9.17) is 16.0 Å². The van der Waals surface area contributed by atoms with Crippen LogP contribution >= 0.6 is 22.9 Å². The summed E-state index contributed by atoms with van der Waals surface area (Å²) in [6.45, 7) is 6.13. The molecule has 0 spiro atoms. The molecule has 1 saturated heterocycles. The molecule has 0 aliphatic carbocycles. The minimum absolute atomic E-state index is 0.189. The van der Waals surface area contributed by atoms with E-state index in [1.165, 1.54) is 4.90 Å². The normalized spacial score (nSPS) is 17.0. The Hall–Kier alpha value is -1.89. The second-order valence-electron chi connectivity index (χ2n) is 6.24. The molecule has 3 aromatic rings. The number of halogens is 1. The molecular formula is C18H20ClN4OS+. The van der Waals surface area contributed by atoms with E-state index in [0.717, 1.165) is 41.8 Å². The predicted molar refractivity (Wildman–Crippen MR) is 100 cm³/mol. The van der Waals surface area contributed by atoms with Gasteiger partial charge in [0.05, 0.1) is 41.8 Å². The van der Waals surface area contributed by atoms with Crippen molar-refractivity contribution in [3.8, 4) is 10.8 Å². The largest absolute Gasteiger partial charge is 0.414 e. The Labute approximate surface area is 155 Å². The molecule has 25 heavy (non-hydrogen) atoms. The van der Waals surface area contributed by atoms with E-state index in [1.807, 2.05) is 35.7 Å². The second kappa shape index (κ2) is 7.15. The molecule has 5 nitrogen and oxygen atoms in total. The summed E-state index contributed by atoms with van der Waals surface area (Å²) in [5.74, 6) is 1.33. The number of piperazine rings is 1. The van der Waals surface area contributed by atoms with Gasteiger partial charge in [0.2, 0.25) is 0 Å². The first-order chi connectivity index (χ1) is 12.2. The summed E-state index contributed by atoms with van der Waals surface area (Å²) in [5.41, 5.74) is 1.12. The van der Waals surface area contributed by atoms with Crippen LogP contribution in [0.4, 0.5) is 5.69 Å². The lowest BCUT2D eigenvalue weighted by Gasteiger charge is -2.35. The summed E-state index contributed by atoms with van der Waals surface area (Å²) in [6, 6.07) is 12.2. The van der Waals surface area contributed by atoms with Gasteiger partial charge in [-0.3, -0.25) is 0 Å². The standard InChI is InChI=1S/C18H19ClN4OS/c1-13(17-20-21-18(24-17)16-7-4-12-25-16)22-8-10-23(11-9-22)15-6-3-2-5-14(15)19/h2-7,12-13H,8-11H2,1H3/p+1/t13-/m1/s1. The fourth-order valence-electron chi connectivity index (χ4n) is 3.26.